The number of benzene rings is 1. The van der Waals surface area contributed by atoms with Crippen molar-refractivity contribution in [2.45, 2.75) is 19.9 Å². The van der Waals surface area contributed by atoms with Gasteiger partial charge in [-0.15, -0.1) is 0 Å². The van der Waals surface area contributed by atoms with E-state index >= 15 is 0 Å². The van der Waals surface area contributed by atoms with E-state index in [4.69, 9.17) is 5.11 Å². The van der Waals surface area contributed by atoms with Gasteiger partial charge < -0.3 is 20.2 Å². The van der Waals surface area contributed by atoms with Crippen LogP contribution < -0.4 is 5.32 Å². The summed E-state index contributed by atoms with van der Waals surface area (Å²) in [5, 5.41) is 11.8. The molecule has 2 amide bonds. The lowest BCUT2D eigenvalue weighted by atomic mass is 10.1. The number of hydrogen-bond donors (Lipinski definition) is 2. The van der Waals surface area contributed by atoms with Crippen molar-refractivity contribution in [2.75, 3.05) is 26.2 Å². The minimum atomic E-state index is -0.997. The number of piperazine rings is 1. The molecule has 1 aromatic rings. The summed E-state index contributed by atoms with van der Waals surface area (Å²) in [7, 11) is 0. The van der Waals surface area contributed by atoms with E-state index in [9.17, 15) is 9.59 Å². The SMILES string of the molecule is CC(C)[C@H](NC(=O)N1CCN(C=Cc2ccccc2)CC1)C(=O)O. The number of nitrogens with one attached hydrogen (secondary N) is 1. The number of urea groups is 1. The monoisotopic (exact) mass is 331 g/mol. The Morgan fingerprint density at radius 3 is 2.29 bits per heavy atom. The maximum atomic E-state index is 12.2. The van der Waals surface area contributed by atoms with Gasteiger partial charge in [0.25, 0.3) is 0 Å². The molecule has 24 heavy (non-hydrogen) atoms. The molecule has 1 aliphatic heterocycles. The van der Waals surface area contributed by atoms with Gasteiger partial charge in [-0.2, -0.15) is 0 Å². The standard InChI is InChI=1S/C18H25N3O3/c1-14(2)16(17(22)23)19-18(24)21-12-10-20(11-13-21)9-8-15-6-4-3-5-7-15/h3-9,14,16H,10-13H2,1-2H3,(H,19,24)(H,22,23)/t16-/m0/s1. The van der Waals surface area contributed by atoms with Crippen molar-refractivity contribution in [1.82, 2.24) is 15.1 Å². The van der Waals surface area contributed by atoms with Gasteiger partial charge in [0, 0.05) is 26.2 Å². The van der Waals surface area contributed by atoms with Crippen molar-refractivity contribution in [2.24, 2.45) is 5.92 Å². The Morgan fingerprint density at radius 2 is 1.75 bits per heavy atom. The summed E-state index contributed by atoms with van der Waals surface area (Å²) < 4.78 is 0. The van der Waals surface area contributed by atoms with Crippen LogP contribution in [0.4, 0.5) is 4.79 Å². The second-order valence-electron chi connectivity index (χ2n) is 6.26. The number of amides is 2. The lowest BCUT2D eigenvalue weighted by Crippen LogP contribution is -2.54. The van der Waals surface area contributed by atoms with Crippen molar-refractivity contribution in [3.8, 4) is 0 Å². The summed E-state index contributed by atoms with van der Waals surface area (Å²) in [5.41, 5.74) is 1.14. The Balaban J connectivity index is 1.82. The fourth-order valence-electron chi connectivity index (χ4n) is 2.57. The van der Waals surface area contributed by atoms with Gasteiger partial charge >= 0.3 is 12.0 Å². The average molecular weight is 331 g/mol. The minimum Gasteiger partial charge on any atom is -0.480 e. The van der Waals surface area contributed by atoms with E-state index in [0.29, 0.717) is 13.1 Å². The van der Waals surface area contributed by atoms with E-state index in [1.807, 2.05) is 36.5 Å². The van der Waals surface area contributed by atoms with Crippen LogP contribution in [-0.2, 0) is 4.79 Å². The predicted molar refractivity (Wildman–Crippen MR) is 93.4 cm³/mol. The molecule has 2 N–H and O–H groups in total. The van der Waals surface area contributed by atoms with E-state index in [1.165, 1.54) is 0 Å². The molecule has 1 aromatic carbocycles. The highest BCUT2D eigenvalue weighted by atomic mass is 16.4. The van der Waals surface area contributed by atoms with E-state index in [0.717, 1.165) is 18.7 Å². The first-order valence-electron chi connectivity index (χ1n) is 8.23. The number of rotatable bonds is 5. The Hall–Kier alpha value is -2.50. The highest BCUT2D eigenvalue weighted by Gasteiger charge is 2.27. The van der Waals surface area contributed by atoms with Crippen LogP contribution in [0.15, 0.2) is 36.5 Å². The number of nitrogens with zero attached hydrogens (tertiary/aromatic N) is 2. The molecule has 1 atom stereocenters. The smallest absolute Gasteiger partial charge is 0.326 e. The molecule has 0 unspecified atom stereocenters. The quantitative estimate of drug-likeness (QED) is 0.866. The molecule has 6 heteroatoms. The Bertz CT molecular complexity index is 578. The normalized spacial score (nSPS) is 16.5. The van der Waals surface area contributed by atoms with Crippen LogP contribution in [0.5, 0.6) is 0 Å². The molecule has 0 bridgehead atoms. The van der Waals surface area contributed by atoms with Crippen molar-refractivity contribution in [3.63, 3.8) is 0 Å². The van der Waals surface area contributed by atoms with Gasteiger partial charge in [-0.3, -0.25) is 0 Å². The van der Waals surface area contributed by atoms with Gasteiger partial charge in [0.05, 0.1) is 0 Å². The van der Waals surface area contributed by atoms with Gasteiger partial charge in [-0.1, -0.05) is 44.2 Å². The summed E-state index contributed by atoms with van der Waals surface area (Å²) in [6.07, 6.45) is 4.09. The first-order chi connectivity index (χ1) is 11.5. The van der Waals surface area contributed by atoms with E-state index in [2.05, 4.69) is 16.3 Å². The largest absolute Gasteiger partial charge is 0.480 e. The van der Waals surface area contributed by atoms with Crippen LogP contribution >= 0.6 is 0 Å². The third-order valence-corrected chi connectivity index (χ3v) is 4.09. The van der Waals surface area contributed by atoms with Crippen molar-refractivity contribution in [1.29, 1.82) is 0 Å². The first kappa shape index (κ1) is 17.8. The first-order valence-corrected chi connectivity index (χ1v) is 8.23. The van der Waals surface area contributed by atoms with Gasteiger partial charge in [-0.05, 0) is 23.8 Å². The zero-order valence-corrected chi connectivity index (χ0v) is 14.2. The van der Waals surface area contributed by atoms with Crippen LogP contribution in [0, 0.1) is 5.92 Å². The zero-order valence-electron chi connectivity index (χ0n) is 14.2. The third kappa shape index (κ3) is 5.01. The summed E-state index contributed by atoms with van der Waals surface area (Å²) >= 11 is 0. The van der Waals surface area contributed by atoms with Gasteiger partial charge in [0.2, 0.25) is 0 Å². The molecule has 1 fully saturated rings. The molecule has 130 valence electrons. The molecule has 1 aliphatic rings. The molecule has 2 rings (SSSR count). The second-order valence-corrected chi connectivity index (χ2v) is 6.26. The number of hydrogen-bond acceptors (Lipinski definition) is 3. The summed E-state index contributed by atoms with van der Waals surface area (Å²) in [4.78, 5) is 27.2. The molecule has 0 aromatic heterocycles. The minimum absolute atomic E-state index is 0.151. The summed E-state index contributed by atoms with van der Waals surface area (Å²) in [6, 6.07) is 8.90. The third-order valence-electron chi connectivity index (χ3n) is 4.09. The van der Waals surface area contributed by atoms with E-state index in [1.54, 1.807) is 18.7 Å². The molecule has 0 radical (unpaired) electrons. The summed E-state index contributed by atoms with van der Waals surface area (Å²) in [5.74, 6) is -1.15. The number of aliphatic carboxylic acids is 1. The number of carbonyl (C=O) groups excluding carboxylic acids is 1. The topological polar surface area (TPSA) is 72.9 Å². The van der Waals surface area contributed by atoms with Crippen molar-refractivity contribution in [3.05, 3.63) is 42.1 Å². The lowest BCUT2D eigenvalue weighted by Gasteiger charge is -2.35. The van der Waals surface area contributed by atoms with Gasteiger partial charge in [-0.25, -0.2) is 9.59 Å². The van der Waals surface area contributed by atoms with Crippen LogP contribution in [0.1, 0.15) is 19.4 Å². The van der Waals surface area contributed by atoms with E-state index in [-0.39, 0.29) is 11.9 Å². The Kier molecular flexibility index (Phi) is 6.23. The van der Waals surface area contributed by atoms with Crippen LogP contribution in [-0.4, -0.2) is 59.1 Å². The van der Waals surface area contributed by atoms with Crippen LogP contribution in [0.3, 0.4) is 0 Å². The van der Waals surface area contributed by atoms with Crippen LogP contribution in [0.25, 0.3) is 6.08 Å². The Labute approximate surface area is 142 Å². The number of carboxylic acids is 1. The highest BCUT2D eigenvalue weighted by molar-refractivity contribution is 5.82. The lowest BCUT2D eigenvalue weighted by molar-refractivity contribution is -0.140. The van der Waals surface area contributed by atoms with E-state index < -0.39 is 12.0 Å². The highest BCUT2D eigenvalue weighted by Crippen LogP contribution is 2.08. The van der Waals surface area contributed by atoms with Gasteiger partial charge in [0.15, 0.2) is 0 Å². The molecule has 1 heterocycles. The van der Waals surface area contributed by atoms with Crippen molar-refractivity contribution < 1.29 is 14.7 Å². The van der Waals surface area contributed by atoms with Gasteiger partial charge in [0.1, 0.15) is 6.04 Å². The van der Waals surface area contributed by atoms with Crippen molar-refractivity contribution >= 4 is 18.1 Å². The fraction of sp³-hybridized carbons (Fsp3) is 0.444. The predicted octanol–water partition coefficient (Wildman–Crippen LogP) is 2.09. The molecular formula is C18H25N3O3. The second kappa shape index (κ2) is 8.38. The zero-order chi connectivity index (χ0) is 17.5. The number of carbonyl (C=O) groups is 2. The molecular weight excluding hydrogens is 306 g/mol. The molecule has 0 saturated carbocycles. The maximum Gasteiger partial charge on any atom is 0.326 e. The molecule has 0 spiro atoms. The fourth-order valence-corrected chi connectivity index (χ4v) is 2.57. The summed E-state index contributed by atoms with van der Waals surface area (Å²) in [6.45, 7) is 6.19. The molecule has 6 nitrogen and oxygen atoms in total. The molecule has 0 aliphatic carbocycles. The Morgan fingerprint density at radius 1 is 1.12 bits per heavy atom. The average Bonchev–Trinajstić information content (AvgIpc) is 2.58. The molecule has 1 saturated heterocycles. The van der Waals surface area contributed by atoms with Crippen LogP contribution in [0.2, 0.25) is 0 Å². The maximum absolute atomic E-state index is 12.2. The number of carboxylic acid groups (broad SMARTS) is 1.